The van der Waals surface area contributed by atoms with E-state index in [2.05, 4.69) is 20.0 Å². The predicted octanol–water partition coefficient (Wildman–Crippen LogP) is 3.15. The quantitative estimate of drug-likeness (QED) is 0.516. The van der Waals surface area contributed by atoms with Crippen molar-refractivity contribution in [3.8, 4) is 23.0 Å². The number of benzene rings is 1. The lowest BCUT2D eigenvalue weighted by Crippen LogP contribution is -2.24. The van der Waals surface area contributed by atoms with Gasteiger partial charge in [-0.15, -0.1) is 0 Å². The molecule has 32 heavy (non-hydrogen) atoms. The molecule has 0 radical (unpaired) electrons. The molecule has 2 aromatic heterocycles. The standard InChI is InChI=1S/C21H20F2N4O5/c1-11(2)31-17-8-12(6-7-16(17)32-21(22)23)20-27-15(10-30-20)19(29)25-9-13-4-3-5-14(26-13)18(24)28/h3-8,10-11,21H,9H2,1-2H3,(H2,24,28)(H,25,29). The highest BCUT2D eigenvalue weighted by Crippen LogP contribution is 2.34. The molecule has 3 N–H and O–H groups in total. The lowest BCUT2D eigenvalue weighted by molar-refractivity contribution is -0.0518. The van der Waals surface area contributed by atoms with Gasteiger partial charge in [-0.1, -0.05) is 6.07 Å². The van der Waals surface area contributed by atoms with Crippen LogP contribution in [-0.2, 0) is 6.54 Å². The zero-order chi connectivity index (χ0) is 23.3. The molecular formula is C21H20F2N4O5. The summed E-state index contributed by atoms with van der Waals surface area (Å²) in [6.45, 7) is 0.500. The highest BCUT2D eigenvalue weighted by Gasteiger charge is 2.18. The molecule has 11 heteroatoms. The third kappa shape index (κ3) is 5.78. The molecule has 0 aliphatic heterocycles. The smallest absolute Gasteiger partial charge is 0.387 e. The molecule has 0 saturated heterocycles. The van der Waals surface area contributed by atoms with E-state index in [0.29, 0.717) is 11.3 Å². The average Bonchev–Trinajstić information content (AvgIpc) is 3.23. The van der Waals surface area contributed by atoms with Gasteiger partial charge in [0.25, 0.3) is 11.8 Å². The minimum Gasteiger partial charge on any atom is -0.487 e. The van der Waals surface area contributed by atoms with E-state index in [1.165, 1.54) is 24.3 Å². The monoisotopic (exact) mass is 446 g/mol. The van der Waals surface area contributed by atoms with Gasteiger partial charge < -0.3 is 24.9 Å². The van der Waals surface area contributed by atoms with Crippen LogP contribution < -0.4 is 20.5 Å². The topological polar surface area (TPSA) is 130 Å². The van der Waals surface area contributed by atoms with E-state index >= 15 is 0 Å². The number of hydrogen-bond donors (Lipinski definition) is 2. The maximum Gasteiger partial charge on any atom is 0.387 e. The fourth-order valence-corrected chi connectivity index (χ4v) is 2.67. The van der Waals surface area contributed by atoms with Crippen molar-refractivity contribution in [1.82, 2.24) is 15.3 Å². The number of carbonyl (C=O) groups is 2. The van der Waals surface area contributed by atoms with Gasteiger partial charge >= 0.3 is 6.61 Å². The number of carbonyl (C=O) groups excluding carboxylic acids is 2. The van der Waals surface area contributed by atoms with Crippen LogP contribution in [0.15, 0.2) is 47.1 Å². The fraction of sp³-hybridized carbons (Fsp3) is 0.238. The summed E-state index contributed by atoms with van der Waals surface area (Å²) in [5, 5.41) is 2.61. The molecule has 3 rings (SSSR count). The lowest BCUT2D eigenvalue weighted by atomic mass is 10.2. The van der Waals surface area contributed by atoms with E-state index in [4.69, 9.17) is 14.9 Å². The first-order valence-corrected chi connectivity index (χ1v) is 9.48. The number of ether oxygens (including phenoxy) is 2. The minimum atomic E-state index is -3.01. The number of alkyl halides is 2. The Labute approximate surface area is 181 Å². The number of amides is 2. The van der Waals surface area contributed by atoms with Crippen LogP contribution >= 0.6 is 0 Å². The summed E-state index contributed by atoms with van der Waals surface area (Å²) in [5.41, 5.74) is 6.10. The fourth-order valence-electron chi connectivity index (χ4n) is 2.67. The van der Waals surface area contributed by atoms with E-state index in [9.17, 15) is 18.4 Å². The van der Waals surface area contributed by atoms with Crippen LogP contribution in [0.1, 0.15) is 40.5 Å². The zero-order valence-corrected chi connectivity index (χ0v) is 17.2. The number of primary amides is 1. The van der Waals surface area contributed by atoms with Gasteiger partial charge in [0.15, 0.2) is 17.2 Å². The van der Waals surface area contributed by atoms with Gasteiger partial charge in [-0.3, -0.25) is 9.59 Å². The number of oxazole rings is 1. The molecule has 9 nitrogen and oxygen atoms in total. The molecule has 0 saturated carbocycles. The van der Waals surface area contributed by atoms with Crippen molar-refractivity contribution in [2.24, 2.45) is 5.73 Å². The lowest BCUT2D eigenvalue weighted by Gasteiger charge is -2.15. The Kier molecular flexibility index (Phi) is 6.98. The second kappa shape index (κ2) is 9.86. The molecule has 1 aromatic carbocycles. The van der Waals surface area contributed by atoms with Gasteiger partial charge in [0, 0.05) is 5.56 Å². The van der Waals surface area contributed by atoms with E-state index < -0.39 is 18.4 Å². The summed E-state index contributed by atoms with van der Waals surface area (Å²) in [4.78, 5) is 31.8. The SMILES string of the molecule is CC(C)Oc1cc(-c2nc(C(=O)NCc3cccc(C(N)=O)n3)co2)ccc1OC(F)F. The number of nitrogens with two attached hydrogens (primary N) is 1. The molecule has 2 heterocycles. The molecule has 0 aliphatic rings. The zero-order valence-electron chi connectivity index (χ0n) is 17.2. The largest absolute Gasteiger partial charge is 0.487 e. The third-order valence-electron chi connectivity index (χ3n) is 4.00. The number of pyridine rings is 1. The Hall–Kier alpha value is -4.02. The van der Waals surface area contributed by atoms with Gasteiger partial charge in [0.05, 0.1) is 18.3 Å². The molecule has 0 unspecified atom stereocenters. The summed E-state index contributed by atoms with van der Waals surface area (Å²) >= 11 is 0. The number of hydrogen-bond acceptors (Lipinski definition) is 7. The first-order chi connectivity index (χ1) is 15.2. The van der Waals surface area contributed by atoms with Crippen LogP contribution in [0.3, 0.4) is 0 Å². The Morgan fingerprint density at radius 1 is 1.09 bits per heavy atom. The second-order valence-corrected chi connectivity index (χ2v) is 6.81. The highest BCUT2D eigenvalue weighted by atomic mass is 19.3. The molecular weight excluding hydrogens is 426 g/mol. The van der Waals surface area contributed by atoms with Crippen LogP contribution in [0.2, 0.25) is 0 Å². The Balaban J connectivity index is 1.73. The first kappa shape index (κ1) is 22.7. The second-order valence-electron chi connectivity index (χ2n) is 6.81. The minimum absolute atomic E-state index is 0.00899. The average molecular weight is 446 g/mol. The van der Waals surface area contributed by atoms with Crippen LogP contribution in [0, 0.1) is 0 Å². The molecule has 3 aromatic rings. The normalized spacial score (nSPS) is 10.9. The van der Waals surface area contributed by atoms with Crippen LogP contribution in [0.25, 0.3) is 11.5 Å². The van der Waals surface area contributed by atoms with Gasteiger partial charge in [-0.05, 0) is 44.2 Å². The summed E-state index contributed by atoms with van der Waals surface area (Å²) in [5.74, 6) is -1.18. The van der Waals surface area contributed by atoms with E-state index in [0.717, 1.165) is 6.26 Å². The van der Waals surface area contributed by atoms with Gasteiger partial charge in [-0.25, -0.2) is 9.97 Å². The number of aromatic nitrogens is 2. The van der Waals surface area contributed by atoms with Crippen molar-refractivity contribution in [3.63, 3.8) is 0 Å². The Morgan fingerprint density at radius 3 is 2.56 bits per heavy atom. The van der Waals surface area contributed by atoms with Gasteiger partial charge in [0.1, 0.15) is 12.0 Å². The van der Waals surface area contributed by atoms with Crippen LogP contribution in [0.5, 0.6) is 11.5 Å². The van der Waals surface area contributed by atoms with Crippen molar-refractivity contribution >= 4 is 11.8 Å². The number of nitrogens with zero attached hydrogens (tertiary/aromatic N) is 2. The highest BCUT2D eigenvalue weighted by molar-refractivity contribution is 5.92. The Morgan fingerprint density at radius 2 is 1.88 bits per heavy atom. The number of nitrogens with one attached hydrogen (secondary N) is 1. The van der Waals surface area contributed by atoms with Crippen molar-refractivity contribution in [2.75, 3.05) is 0 Å². The maximum atomic E-state index is 12.6. The van der Waals surface area contributed by atoms with E-state index in [1.54, 1.807) is 26.0 Å². The Bertz CT molecular complexity index is 1120. The van der Waals surface area contributed by atoms with Crippen molar-refractivity contribution in [3.05, 3.63) is 59.7 Å². The molecule has 0 fully saturated rings. The summed E-state index contributed by atoms with van der Waals surface area (Å²) in [7, 11) is 0. The summed E-state index contributed by atoms with van der Waals surface area (Å²) < 4.78 is 40.6. The van der Waals surface area contributed by atoms with Crippen LogP contribution in [0.4, 0.5) is 8.78 Å². The number of rotatable bonds is 9. The van der Waals surface area contributed by atoms with Crippen LogP contribution in [-0.4, -0.2) is 34.5 Å². The molecule has 0 atom stereocenters. The molecule has 0 spiro atoms. The van der Waals surface area contributed by atoms with E-state index in [-0.39, 0.29) is 41.4 Å². The third-order valence-corrected chi connectivity index (χ3v) is 4.00. The van der Waals surface area contributed by atoms with Crippen molar-refractivity contribution in [2.45, 2.75) is 33.1 Å². The molecule has 0 aliphatic carbocycles. The summed E-state index contributed by atoms with van der Waals surface area (Å²) in [6.07, 6.45) is 0.864. The van der Waals surface area contributed by atoms with Crippen molar-refractivity contribution < 1.29 is 32.3 Å². The molecule has 168 valence electrons. The molecule has 0 bridgehead atoms. The van der Waals surface area contributed by atoms with Crippen molar-refractivity contribution in [1.29, 1.82) is 0 Å². The number of halogens is 2. The maximum absolute atomic E-state index is 12.6. The van der Waals surface area contributed by atoms with E-state index in [1.807, 2.05) is 0 Å². The summed E-state index contributed by atoms with van der Waals surface area (Å²) in [6, 6.07) is 8.89. The van der Waals surface area contributed by atoms with Gasteiger partial charge in [0.2, 0.25) is 5.89 Å². The first-order valence-electron chi connectivity index (χ1n) is 9.48. The van der Waals surface area contributed by atoms with Gasteiger partial charge in [-0.2, -0.15) is 8.78 Å². The molecule has 2 amide bonds. The predicted molar refractivity (Wildman–Crippen MR) is 108 cm³/mol.